The van der Waals surface area contributed by atoms with Gasteiger partial charge in [-0.1, -0.05) is 18.2 Å². The number of anilines is 1. The summed E-state index contributed by atoms with van der Waals surface area (Å²) in [5.41, 5.74) is 7.25. The minimum absolute atomic E-state index is 0.0669. The van der Waals surface area contributed by atoms with Crippen molar-refractivity contribution in [3.05, 3.63) is 29.8 Å². The van der Waals surface area contributed by atoms with Gasteiger partial charge in [0.1, 0.15) is 6.61 Å². The molecule has 0 radical (unpaired) electrons. The van der Waals surface area contributed by atoms with Gasteiger partial charge in [-0.25, -0.2) is 0 Å². The molecule has 0 saturated carbocycles. The van der Waals surface area contributed by atoms with E-state index in [1.54, 1.807) is 11.9 Å². The Labute approximate surface area is 96.0 Å². The van der Waals surface area contributed by atoms with E-state index in [0.717, 1.165) is 11.3 Å². The average Bonchev–Trinajstić information content (AvgIpc) is 2.29. The second-order valence-electron chi connectivity index (χ2n) is 3.58. The third-order valence-electron chi connectivity index (χ3n) is 2.34. The highest BCUT2D eigenvalue weighted by Gasteiger charge is 2.12. The van der Waals surface area contributed by atoms with Crippen LogP contribution in [0.4, 0.5) is 5.69 Å². The number of amides is 1. The molecule has 4 heteroatoms. The van der Waals surface area contributed by atoms with Gasteiger partial charge < -0.3 is 15.4 Å². The van der Waals surface area contributed by atoms with Gasteiger partial charge >= 0.3 is 0 Å². The van der Waals surface area contributed by atoms with Crippen molar-refractivity contribution in [2.24, 2.45) is 5.73 Å². The average molecular weight is 222 g/mol. The molecule has 0 fully saturated rings. The zero-order valence-electron chi connectivity index (χ0n) is 9.77. The molecule has 1 aromatic carbocycles. The molecule has 0 aliphatic carbocycles. The molecule has 0 bridgehead atoms. The van der Waals surface area contributed by atoms with Crippen LogP contribution in [0.5, 0.6) is 0 Å². The number of carbonyl (C=O) groups is 1. The molecule has 4 nitrogen and oxygen atoms in total. The van der Waals surface area contributed by atoms with Crippen LogP contribution in [-0.2, 0) is 9.53 Å². The fraction of sp³-hybridized carbons (Fsp3) is 0.417. The van der Waals surface area contributed by atoms with E-state index in [4.69, 9.17) is 10.5 Å². The molecule has 0 aliphatic heterocycles. The first kappa shape index (κ1) is 12.7. The zero-order valence-corrected chi connectivity index (χ0v) is 9.77. The first-order valence-electron chi connectivity index (χ1n) is 5.27. The number of ether oxygens (including phenoxy) is 1. The van der Waals surface area contributed by atoms with Gasteiger partial charge in [0.25, 0.3) is 5.91 Å². The predicted molar refractivity (Wildman–Crippen MR) is 64.5 cm³/mol. The second kappa shape index (κ2) is 6.25. The number of aryl methyl sites for hydroxylation is 1. The number of nitrogens with two attached hydrogens (primary N) is 1. The standard InChI is InChI=1S/C12H18N2O2/c1-10-5-3-4-6-11(10)14(2)12(15)9-16-8-7-13/h3-6H,7-9,13H2,1-2H3. The summed E-state index contributed by atoms with van der Waals surface area (Å²) in [7, 11) is 1.75. The third kappa shape index (κ3) is 3.32. The first-order chi connectivity index (χ1) is 7.66. The Morgan fingerprint density at radius 2 is 2.12 bits per heavy atom. The van der Waals surface area contributed by atoms with Crippen molar-refractivity contribution < 1.29 is 9.53 Å². The second-order valence-corrected chi connectivity index (χ2v) is 3.58. The molecule has 0 aromatic heterocycles. The molecule has 1 amide bonds. The highest BCUT2D eigenvalue weighted by molar-refractivity contribution is 5.94. The fourth-order valence-electron chi connectivity index (χ4n) is 1.41. The monoisotopic (exact) mass is 222 g/mol. The molecule has 0 unspecified atom stereocenters. The van der Waals surface area contributed by atoms with Crippen LogP contribution in [0.15, 0.2) is 24.3 Å². The summed E-state index contributed by atoms with van der Waals surface area (Å²) in [5.74, 6) is -0.0669. The zero-order chi connectivity index (χ0) is 12.0. The van der Waals surface area contributed by atoms with Crippen LogP contribution < -0.4 is 10.6 Å². The number of nitrogens with zero attached hydrogens (tertiary/aromatic N) is 1. The molecular weight excluding hydrogens is 204 g/mol. The molecule has 16 heavy (non-hydrogen) atoms. The molecule has 88 valence electrons. The summed E-state index contributed by atoms with van der Waals surface area (Å²) < 4.78 is 5.11. The lowest BCUT2D eigenvalue weighted by molar-refractivity contribution is -0.122. The molecule has 1 rings (SSSR count). The van der Waals surface area contributed by atoms with Gasteiger partial charge in [0.2, 0.25) is 0 Å². The Bertz CT molecular complexity index is 353. The van der Waals surface area contributed by atoms with E-state index in [1.807, 2.05) is 31.2 Å². The highest BCUT2D eigenvalue weighted by Crippen LogP contribution is 2.17. The van der Waals surface area contributed by atoms with E-state index in [1.165, 1.54) is 0 Å². The number of hydrogen-bond acceptors (Lipinski definition) is 3. The third-order valence-corrected chi connectivity index (χ3v) is 2.34. The smallest absolute Gasteiger partial charge is 0.252 e. The summed E-state index contributed by atoms with van der Waals surface area (Å²) in [4.78, 5) is 13.3. The maximum Gasteiger partial charge on any atom is 0.252 e. The van der Waals surface area contributed by atoms with Crippen LogP contribution in [0.2, 0.25) is 0 Å². The van der Waals surface area contributed by atoms with Crippen molar-refractivity contribution in [1.29, 1.82) is 0 Å². The summed E-state index contributed by atoms with van der Waals surface area (Å²) >= 11 is 0. The number of para-hydroxylation sites is 1. The number of benzene rings is 1. The molecular formula is C12H18N2O2. The fourth-order valence-corrected chi connectivity index (χ4v) is 1.41. The molecule has 0 atom stereocenters. The lowest BCUT2D eigenvalue weighted by atomic mass is 10.2. The van der Waals surface area contributed by atoms with Crippen molar-refractivity contribution in [2.75, 3.05) is 31.7 Å². The van der Waals surface area contributed by atoms with Gasteiger partial charge in [-0.3, -0.25) is 4.79 Å². The highest BCUT2D eigenvalue weighted by atomic mass is 16.5. The minimum atomic E-state index is -0.0669. The van der Waals surface area contributed by atoms with E-state index >= 15 is 0 Å². The summed E-state index contributed by atoms with van der Waals surface area (Å²) in [6.45, 7) is 2.89. The van der Waals surface area contributed by atoms with Crippen LogP contribution >= 0.6 is 0 Å². The summed E-state index contributed by atoms with van der Waals surface area (Å²) in [5, 5.41) is 0. The minimum Gasteiger partial charge on any atom is -0.370 e. The molecule has 0 spiro atoms. The maximum atomic E-state index is 11.7. The largest absolute Gasteiger partial charge is 0.370 e. The van der Waals surface area contributed by atoms with Crippen molar-refractivity contribution in [1.82, 2.24) is 0 Å². The Kier molecular flexibility index (Phi) is 4.95. The van der Waals surface area contributed by atoms with Crippen LogP contribution in [-0.4, -0.2) is 32.7 Å². The molecule has 0 heterocycles. The van der Waals surface area contributed by atoms with E-state index in [9.17, 15) is 4.79 Å². The van der Waals surface area contributed by atoms with Crippen LogP contribution in [0.25, 0.3) is 0 Å². The van der Waals surface area contributed by atoms with Gasteiger partial charge in [-0.15, -0.1) is 0 Å². The molecule has 0 aliphatic rings. The molecule has 2 N–H and O–H groups in total. The van der Waals surface area contributed by atoms with Gasteiger partial charge in [0.15, 0.2) is 0 Å². The van der Waals surface area contributed by atoms with Crippen molar-refractivity contribution in [2.45, 2.75) is 6.92 Å². The van der Waals surface area contributed by atoms with Gasteiger partial charge in [-0.05, 0) is 18.6 Å². The van der Waals surface area contributed by atoms with E-state index in [-0.39, 0.29) is 12.5 Å². The lowest BCUT2D eigenvalue weighted by Gasteiger charge is -2.19. The van der Waals surface area contributed by atoms with E-state index in [2.05, 4.69) is 0 Å². The number of carbonyl (C=O) groups excluding carboxylic acids is 1. The van der Waals surface area contributed by atoms with Crippen LogP contribution in [0.3, 0.4) is 0 Å². The Hall–Kier alpha value is -1.39. The SMILES string of the molecule is Cc1ccccc1N(C)C(=O)COCCN. The van der Waals surface area contributed by atoms with Crippen molar-refractivity contribution >= 4 is 11.6 Å². The maximum absolute atomic E-state index is 11.7. The molecule has 0 saturated heterocycles. The van der Waals surface area contributed by atoms with Crippen LogP contribution in [0, 0.1) is 6.92 Å². The Morgan fingerprint density at radius 1 is 1.44 bits per heavy atom. The van der Waals surface area contributed by atoms with Gasteiger partial charge in [0, 0.05) is 19.3 Å². The number of hydrogen-bond donors (Lipinski definition) is 1. The molecule has 1 aromatic rings. The first-order valence-corrected chi connectivity index (χ1v) is 5.27. The van der Waals surface area contributed by atoms with Crippen molar-refractivity contribution in [3.8, 4) is 0 Å². The quantitative estimate of drug-likeness (QED) is 0.754. The predicted octanol–water partition coefficient (Wildman–Crippen LogP) is 0.933. The topological polar surface area (TPSA) is 55.6 Å². The lowest BCUT2D eigenvalue weighted by Crippen LogP contribution is -2.31. The normalized spacial score (nSPS) is 10.2. The van der Waals surface area contributed by atoms with E-state index < -0.39 is 0 Å². The Morgan fingerprint density at radius 3 is 2.75 bits per heavy atom. The Balaban J connectivity index is 2.60. The van der Waals surface area contributed by atoms with E-state index in [0.29, 0.717) is 13.2 Å². The van der Waals surface area contributed by atoms with Gasteiger partial charge in [0.05, 0.1) is 6.61 Å². The van der Waals surface area contributed by atoms with Gasteiger partial charge in [-0.2, -0.15) is 0 Å². The van der Waals surface area contributed by atoms with Crippen molar-refractivity contribution in [3.63, 3.8) is 0 Å². The number of rotatable bonds is 5. The van der Waals surface area contributed by atoms with Crippen LogP contribution in [0.1, 0.15) is 5.56 Å². The number of likely N-dealkylation sites (N-methyl/N-ethyl adjacent to an activating group) is 1. The summed E-state index contributed by atoms with van der Waals surface area (Å²) in [6.07, 6.45) is 0. The summed E-state index contributed by atoms with van der Waals surface area (Å²) in [6, 6.07) is 7.74.